The third kappa shape index (κ3) is 4.91. The van der Waals surface area contributed by atoms with Gasteiger partial charge in [-0.3, -0.25) is 4.79 Å². The minimum Gasteiger partial charge on any atom is -0.495 e. The number of hydrogen-bond donors (Lipinski definition) is 4. The van der Waals surface area contributed by atoms with Crippen molar-refractivity contribution < 1.29 is 22.3 Å². The number of methoxy groups -OCH3 is 1. The fraction of sp³-hybridized carbons (Fsp3) is 0.316. The molecule has 10 heteroatoms. The summed E-state index contributed by atoms with van der Waals surface area (Å²) in [6.45, 7) is 0.287. The number of carbonyl (C=O) groups is 1. The lowest BCUT2D eigenvalue weighted by Crippen LogP contribution is -2.42. The van der Waals surface area contributed by atoms with Gasteiger partial charge in [-0.1, -0.05) is 18.2 Å². The third-order valence-corrected chi connectivity index (χ3v) is 6.18. The van der Waals surface area contributed by atoms with E-state index in [9.17, 15) is 17.6 Å². The Balaban J connectivity index is 1.66. The van der Waals surface area contributed by atoms with Crippen molar-refractivity contribution in [3.05, 3.63) is 59.4 Å². The molecule has 0 saturated carbocycles. The molecule has 1 heterocycles. The van der Waals surface area contributed by atoms with Gasteiger partial charge in [-0.15, -0.1) is 0 Å². The summed E-state index contributed by atoms with van der Waals surface area (Å²) in [5.41, 5.74) is 7.46. The summed E-state index contributed by atoms with van der Waals surface area (Å²) in [6, 6.07) is 10.0. The molecule has 1 fully saturated rings. The van der Waals surface area contributed by atoms with Gasteiger partial charge in [0.15, 0.2) is 0 Å². The molecule has 4 N–H and O–H groups in total. The topological polar surface area (TPSA) is 109 Å². The van der Waals surface area contributed by atoms with Crippen molar-refractivity contribution in [3.8, 4) is 5.75 Å². The first kappa shape index (κ1) is 21.2. The van der Waals surface area contributed by atoms with Crippen LogP contribution < -0.4 is 25.6 Å². The monoisotopic (exact) mass is 422 g/mol. The van der Waals surface area contributed by atoms with Crippen LogP contribution in [-0.4, -0.2) is 34.5 Å². The number of hydrazine groups is 1. The van der Waals surface area contributed by atoms with Gasteiger partial charge in [-0.2, -0.15) is 0 Å². The van der Waals surface area contributed by atoms with Gasteiger partial charge in [0.05, 0.1) is 7.11 Å². The number of carbonyl (C=O) groups excluding carboxylic acids is 1. The maximum atomic E-state index is 13.0. The fourth-order valence-electron chi connectivity index (χ4n) is 3.09. The third-order valence-electron chi connectivity index (χ3n) is 4.75. The van der Waals surface area contributed by atoms with Gasteiger partial charge in [-0.05, 0) is 48.9 Å². The zero-order chi connectivity index (χ0) is 21.0. The first-order valence-corrected chi connectivity index (χ1v) is 10.5. The molecule has 0 spiro atoms. The average Bonchev–Trinajstić information content (AvgIpc) is 3.23. The Labute approximate surface area is 168 Å². The quantitative estimate of drug-likeness (QED) is 0.530. The van der Waals surface area contributed by atoms with Gasteiger partial charge >= 0.3 is 0 Å². The summed E-state index contributed by atoms with van der Waals surface area (Å²) in [4.78, 5) is 12.5. The lowest BCUT2D eigenvalue weighted by molar-refractivity contribution is -0.123. The molecule has 29 heavy (non-hydrogen) atoms. The Kier molecular flexibility index (Phi) is 6.48. The molecule has 2 atom stereocenters. The van der Waals surface area contributed by atoms with Crippen LogP contribution in [0.25, 0.3) is 0 Å². The van der Waals surface area contributed by atoms with Gasteiger partial charge in [-0.25, -0.2) is 28.4 Å². The van der Waals surface area contributed by atoms with Crippen LogP contribution in [0.15, 0.2) is 47.4 Å². The lowest BCUT2D eigenvalue weighted by Gasteiger charge is -2.14. The smallest absolute Gasteiger partial charge is 0.244 e. The molecule has 2 aromatic rings. The molecule has 1 aliphatic heterocycles. The van der Waals surface area contributed by atoms with E-state index >= 15 is 0 Å². The highest BCUT2D eigenvalue weighted by Crippen LogP contribution is 2.30. The van der Waals surface area contributed by atoms with Crippen molar-refractivity contribution in [2.45, 2.75) is 29.9 Å². The van der Waals surface area contributed by atoms with Gasteiger partial charge in [0.2, 0.25) is 15.9 Å². The van der Waals surface area contributed by atoms with Crippen molar-refractivity contribution in [3.63, 3.8) is 0 Å². The highest BCUT2D eigenvalue weighted by molar-refractivity contribution is 7.89. The van der Waals surface area contributed by atoms with E-state index in [4.69, 9.17) is 4.74 Å². The van der Waals surface area contributed by atoms with Crippen LogP contribution in [0, 0.1) is 5.82 Å². The SMILES string of the molecule is CNS(=O)(=O)c1cc(C2CC(C(=O)NCc3ccc(F)cc3)NN2)ccc1OC. The number of halogens is 1. The molecule has 0 aliphatic carbocycles. The molecular weight excluding hydrogens is 399 g/mol. The number of rotatable bonds is 7. The van der Waals surface area contributed by atoms with E-state index in [2.05, 4.69) is 20.9 Å². The van der Waals surface area contributed by atoms with Gasteiger partial charge in [0, 0.05) is 12.6 Å². The molecule has 0 aromatic heterocycles. The van der Waals surface area contributed by atoms with E-state index < -0.39 is 16.1 Å². The maximum Gasteiger partial charge on any atom is 0.244 e. The number of ether oxygens (including phenoxy) is 1. The van der Waals surface area contributed by atoms with Crippen LogP contribution in [0.3, 0.4) is 0 Å². The predicted molar refractivity (Wildman–Crippen MR) is 105 cm³/mol. The van der Waals surface area contributed by atoms with Crippen LogP contribution in [-0.2, 0) is 21.4 Å². The van der Waals surface area contributed by atoms with Crippen molar-refractivity contribution in [1.82, 2.24) is 20.9 Å². The molecule has 0 radical (unpaired) electrons. The molecule has 3 rings (SSSR count). The molecule has 1 aliphatic rings. The number of amides is 1. The normalized spacial score (nSPS) is 19.1. The second-order valence-electron chi connectivity index (χ2n) is 6.59. The van der Waals surface area contributed by atoms with Crippen LogP contribution in [0.2, 0.25) is 0 Å². The molecule has 1 amide bonds. The van der Waals surface area contributed by atoms with E-state index in [1.54, 1.807) is 24.3 Å². The van der Waals surface area contributed by atoms with Gasteiger partial charge < -0.3 is 10.1 Å². The number of sulfonamides is 1. The zero-order valence-electron chi connectivity index (χ0n) is 16.0. The summed E-state index contributed by atoms with van der Waals surface area (Å²) in [6.07, 6.45) is 0.431. The average molecular weight is 422 g/mol. The van der Waals surface area contributed by atoms with Gasteiger partial charge in [0.25, 0.3) is 0 Å². The molecule has 2 aromatic carbocycles. The minimum absolute atomic E-state index is 0.0333. The molecule has 1 saturated heterocycles. The van der Waals surface area contributed by atoms with E-state index in [1.165, 1.54) is 32.4 Å². The minimum atomic E-state index is -3.69. The number of benzene rings is 2. The Morgan fingerprint density at radius 1 is 1.21 bits per heavy atom. The number of hydrogen-bond acceptors (Lipinski definition) is 6. The van der Waals surface area contributed by atoms with Crippen molar-refractivity contribution in [1.29, 1.82) is 0 Å². The summed E-state index contributed by atoms with van der Waals surface area (Å²) in [7, 11) is -0.959. The molecule has 0 bridgehead atoms. The second kappa shape index (κ2) is 8.87. The van der Waals surface area contributed by atoms with E-state index in [0.717, 1.165) is 5.56 Å². The summed E-state index contributed by atoms with van der Waals surface area (Å²) in [5.74, 6) is -0.299. The lowest BCUT2D eigenvalue weighted by atomic mass is 10.0. The summed E-state index contributed by atoms with van der Waals surface area (Å²) < 4.78 is 44.9. The van der Waals surface area contributed by atoms with E-state index in [-0.39, 0.29) is 35.0 Å². The molecule has 8 nitrogen and oxygen atoms in total. The highest BCUT2D eigenvalue weighted by atomic mass is 32.2. The Hall–Kier alpha value is -2.53. The Morgan fingerprint density at radius 3 is 2.59 bits per heavy atom. The summed E-state index contributed by atoms with van der Waals surface area (Å²) >= 11 is 0. The Bertz CT molecular complexity index is 982. The zero-order valence-corrected chi connectivity index (χ0v) is 16.8. The van der Waals surface area contributed by atoms with E-state index in [1.807, 2.05) is 0 Å². The number of nitrogens with one attached hydrogen (secondary N) is 4. The second-order valence-corrected chi connectivity index (χ2v) is 8.45. The highest BCUT2D eigenvalue weighted by Gasteiger charge is 2.31. The predicted octanol–water partition coefficient (Wildman–Crippen LogP) is 0.966. The van der Waals surface area contributed by atoms with Crippen molar-refractivity contribution in [2.75, 3.05) is 14.2 Å². The van der Waals surface area contributed by atoms with E-state index in [0.29, 0.717) is 12.0 Å². The molecule has 156 valence electrons. The fourth-order valence-corrected chi connectivity index (χ4v) is 4.02. The van der Waals surface area contributed by atoms with Gasteiger partial charge in [0.1, 0.15) is 22.5 Å². The van der Waals surface area contributed by atoms with Crippen LogP contribution in [0.5, 0.6) is 5.75 Å². The Morgan fingerprint density at radius 2 is 1.93 bits per heavy atom. The van der Waals surface area contributed by atoms with Crippen molar-refractivity contribution >= 4 is 15.9 Å². The first-order valence-electron chi connectivity index (χ1n) is 8.98. The summed E-state index contributed by atoms with van der Waals surface area (Å²) in [5, 5.41) is 2.81. The molecular formula is C19H23FN4O4S. The molecule has 2 unspecified atom stereocenters. The maximum absolute atomic E-state index is 13.0. The van der Waals surface area contributed by atoms with Crippen LogP contribution >= 0.6 is 0 Å². The van der Waals surface area contributed by atoms with Crippen LogP contribution in [0.1, 0.15) is 23.6 Å². The van der Waals surface area contributed by atoms with Crippen LogP contribution in [0.4, 0.5) is 4.39 Å². The first-order chi connectivity index (χ1) is 13.8. The standard InChI is InChI=1S/C19H23FN4O4S/c1-21-29(26,27)18-9-13(5-8-17(18)28-2)15-10-16(24-23-15)19(25)22-11-12-3-6-14(20)7-4-12/h3-9,15-16,21,23-24H,10-11H2,1-2H3,(H,22,25). The van der Waals surface area contributed by atoms with Crippen molar-refractivity contribution in [2.24, 2.45) is 0 Å². The largest absolute Gasteiger partial charge is 0.495 e.